The molecule has 0 spiro atoms. The lowest BCUT2D eigenvalue weighted by molar-refractivity contribution is 0.00578. The van der Waals surface area contributed by atoms with Gasteiger partial charge in [-0.05, 0) is 110 Å². The van der Waals surface area contributed by atoms with Gasteiger partial charge in [-0.3, -0.25) is 9.59 Å². The maximum atomic E-state index is 12.2. The molecular formula is C40H46BClN10O6S2. The number of pyridine rings is 2. The molecule has 0 bridgehead atoms. The van der Waals surface area contributed by atoms with Gasteiger partial charge in [0.25, 0.3) is 11.8 Å². The van der Waals surface area contributed by atoms with Crippen molar-refractivity contribution in [2.75, 3.05) is 24.7 Å². The number of ether oxygens (including phenoxy) is 2. The Morgan fingerprint density at radius 3 is 1.75 bits per heavy atom. The predicted molar refractivity (Wildman–Crippen MR) is 235 cm³/mol. The Balaban J connectivity index is 0.000000141. The van der Waals surface area contributed by atoms with Gasteiger partial charge in [-0.1, -0.05) is 17.7 Å². The molecule has 1 saturated heterocycles. The molecule has 3 aliphatic rings. The van der Waals surface area contributed by atoms with Crippen LogP contribution in [-0.2, 0) is 9.31 Å². The molecule has 6 aromatic heterocycles. The fraction of sp³-hybridized carbons (Fsp3) is 0.400. The summed E-state index contributed by atoms with van der Waals surface area (Å²) >= 11 is 8.64. The number of amides is 2. The predicted octanol–water partition coefficient (Wildman–Crippen LogP) is 6.23. The normalized spacial score (nSPS) is 16.4. The number of hydrogen-bond acceptors (Lipinski definition) is 16. The summed E-state index contributed by atoms with van der Waals surface area (Å²) in [6.07, 6.45) is 4.33. The summed E-state index contributed by atoms with van der Waals surface area (Å²) in [5.74, 6) is 1.04. The van der Waals surface area contributed by atoms with Crippen LogP contribution in [0.25, 0.3) is 32.6 Å². The van der Waals surface area contributed by atoms with Gasteiger partial charge in [-0.25, -0.2) is 19.9 Å². The van der Waals surface area contributed by atoms with Crippen LogP contribution in [0.5, 0.6) is 11.8 Å². The minimum atomic E-state index is -0.382. The summed E-state index contributed by atoms with van der Waals surface area (Å²) in [5, 5.41) is 6.36. The van der Waals surface area contributed by atoms with Crippen LogP contribution in [0.1, 0.15) is 86.6 Å². The molecule has 20 heteroatoms. The molecule has 0 atom stereocenters. The van der Waals surface area contributed by atoms with Crippen molar-refractivity contribution in [1.29, 1.82) is 0 Å². The van der Waals surface area contributed by atoms with E-state index in [0.29, 0.717) is 69.2 Å². The number of carbonyl (C=O) groups is 2. The zero-order valence-corrected chi connectivity index (χ0v) is 36.5. The number of fused-ring (bicyclic) bond motifs is 2. The van der Waals surface area contributed by atoms with Crippen LogP contribution in [0.15, 0.2) is 48.5 Å². The zero-order chi connectivity index (χ0) is 42.8. The molecule has 7 heterocycles. The quantitative estimate of drug-likeness (QED) is 0.0886. The van der Waals surface area contributed by atoms with Gasteiger partial charge in [0.1, 0.15) is 5.15 Å². The first kappa shape index (κ1) is 42.9. The number of halogens is 1. The molecule has 3 fully saturated rings. The van der Waals surface area contributed by atoms with Crippen LogP contribution in [0, 0.1) is 0 Å². The van der Waals surface area contributed by atoms with Crippen LogP contribution in [-0.4, -0.2) is 85.3 Å². The molecule has 1 aliphatic heterocycles. The van der Waals surface area contributed by atoms with Crippen LogP contribution in [0.3, 0.4) is 0 Å². The number of carbonyl (C=O) groups excluding carboxylic acids is 2. The Bertz CT molecular complexity index is 2510. The van der Waals surface area contributed by atoms with Gasteiger partial charge in [-0.15, -0.1) is 22.7 Å². The molecule has 60 heavy (non-hydrogen) atoms. The van der Waals surface area contributed by atoms with Crippen molar-refractivity contribution >= 4 is 91.9 Å². The lowest BCUT2D eigenvalue weighted by Crippen LogP contribution is -2.41. The minimum absolute atomic E-state index is 0.0141. The summed E-state index contributed by atoms with van der Waals surface area (Å²) in [4.78, 5) is 51.5. The van der Waals surface area contributed by atoms with E-state index in [2.05, 4.69) is 40.5 Å². The molecule has 0 radical (unpaired) electrons. The monoisotopic (exact) mass is 872 g/mol. The van der Waals surface area contributed by atoms with Gasteiger partial charge >= 0.3 is 7.12 Å². The number of nitrogen functional groups attached to an aromatic ring is 2. The number of anilines is 2. The van der Waals surface area contributed by atoms with Crippen LogP contribution >= 0.6 is 34.3 Å². The first-order chi connectivity index (χ1) is 28.6. The van der Waals surface area contributed by atoms with E-state index in [-0.39, 0.29) is 42.0 Å². The van der Waals surface area contributed by atoms with E-state index in [1.165, 1.54) is 22.7 Å². The molecule has 16 nitrogen and oxygen atoms in total. The number of nitrogens with zero attached hydrogens (tertiary/aromatic N) is 6. The third-order valence-electron chi connectivity index (χ3n) is 9.83. The van der Waals surface area contributed by atoms with E-state index in [4.69, 9.17) is 41.9 Å². The highest BCUT2D eigenvalue weighted by Gasteiger charge is 2.52. The molecule has 2 amide bonds. The van der Waals surface area contributed by atoms with Crippen molar-refractivity contribution in [2.24, 2.45) is 0 Å². The summed E-state index contributed by atoms with van der Waals surface area (Å²) < 4.78 is 23.8. The number of thiophene rings is 2. The smallest absolute Gasteiger partial charge is 0.476 e. The van der Waals surface area contributed by atoms with Crippen LogP contribution < -0.4 is 36.4 Å². The maximum absolute atomic E-state index is 12.2. The second kappa shape index (κ2) is 17.8. The van der Waals surface area contributed by atoms with E-state index < -0.39 is 0 Å². The second-order valence-corrected chi connectivity index (χ2v) is 17.7. The van der Waals surface area contributed by atoms with E-state index in [1.54, 1.807) is 12.1 Å². The molecule has 6 N–H and O–H groups in total. The van der Waals surface area contributed by atoms with Gasteiger partial charge < -0.3 is 40.9 Å². The maximum Gasteiger partial charge on any atom is 0.505 e. The average Bonchev–Trinajstić information content (AvgIpc) is 4.06. The van der Waals surface area contributed by atoms with Gasteiger partial charge in [-0.2, -0.15) is 9.97 Å². The Hall–Kier alpha value is -5.21. The number of aromatic nitrogens is 6. The van der Waals surface area contributed by atoms with Crippen molar-refractivity contribution < 1.29 is 28.4 Å². The van der Waals surface area contributed by atoms with Crippen molar-refractivity contribution in [1.82, 2.24) is 40.5 Å². The van der Waals surface area contributed by atoms with E-state index in [1.807, 2.05) is 77.9 Å². The van der Waals surface area contributed by atoms with Gasteiger partial charge in [0.15, 0.2) is 11.0 Å². The number of rotatable bonds is 10. The number of nitrogens with one attached hydrogen (secondary N) is 2. The topological polar surface area (TPSA) is 224 Å². The molecule has 2 saturated carbocycles. The lowest BCUT2D eigenvalue weighted by atomic mass is 9.88. The van der Waals surface area contributed by atoms with Crippen molar-refractivity contribution in [2.45, 2.75) is 90.5 Å². The first-order valence-electron chi connectivity index (χ1n) is 19.6. The largest absolute Gasteiger partial charge is 0.505 e. The van der Waals surface area contributed by atoms with Gasteiger partial charge in [0.05, 0.1) is 55.8 Å². The molecule has 0 unspecified atom stereocenters. The van der Waals surface area contributed by atoms with E-state index in [9.17, 15) is 9.59 Å². The third-order valence-corrected chi connectivity index (χ3v) is 12.2. The second-order valence-electron chi connectivity index (χ2n) is 15.2. The highest BCUT2D eigenvalue weighted by atomic mass is 35.5. The summed E-state index contributed by atoms with van der Waals surface area (Å²) in [6, 6.07) is 15.3. The van der Waals surface area contributed by atoms with Gasteiger partial charge in [0.2, 0.25) is 23.7 Å². The van der Waals surface area contributed by atoms with Crippen LogP contribution in [0.4, 0.5) is 11.9 Å². The fourth-order valence-electron chi connectivity index (χ4n) is 5.72. The molecule has 2 aliphatic carbocycles. The molecule has 6 aromatic rings. The summed E-state index contributed by atoms with van der Waals surface area (Å²) in [5.41, 5.74) is 13.6. The highest BCUT2D eigenvalue weighted by Crippen LogP contribution is 2.37. The van der Waals surface area contributed by atoms with Crippen molar-refractivity contribution in [3.63, 3.8) is 0 Å². The third kappa shape index (κ3) is 10.2. The fourth-order valence-corrected chi connectivity index (χ4v) is 7.62. The van der Waals surface area contributed by atoms with Crippen LogP contribution in [0.2, 0.25) is 5.15 Å². The van der Waals surface area contributed by atoms with Crippen molar-refractivity contribution in [3.8, 4) is 22.3 Å². The SMILES string of the molecule is CC1(C)OB(c2ccc(C(=O)NC3CC3)s2)OC1(C)C.CCOc1nc(N)nc2ccc(-c3ccc(C(=O)NC4CC4)s3)nc12.CCOc1nc(N)nc2ccc(Cl)nc12. The Morgan fingerprint density at radius 1 is 0.717 bits per heavy atom. The average molecular weight is 873 g/mol. The van der Waals surface area contributed by atoms with E-state index >= 15 is 0 Å². The van der Waals surface area contributed by atoms with Crippen molar-refractivity contribution in [3.05, 3.63) is 63.4 Å². The zero-order valence-electron chi connectivity index (χ0n) is 34.1. The standard InChI is InChI=1S/C17H17N5O2S.C14H20BNO3S.C9H9ClN4O/c1-2-24-16-14-11(21-17(18)22-16)6-5-10(20-14)12-7-8-13(25-12)15(23)19-9-3-4-9;1-13(2)14(3,4)19-15(18-13)11-8-7-10(20-11)12(17)16-9-5-6-9;1-2-15-8-7-5(12-9(11)14-8)3-4-6(10)13-7/h5-9H,2-4H2,1H3,(H,19,23)(H2,18,21,22);7-9H,5-6H2,1-4H3,(H,16,17);3-4H,2H2,1H3,(H2,11,12,14). The molecule has 0 aromatic carbocycles. The number of hydrogen-bond donors (Lipinski definition) is 4. The minimum Gasteiger partial charge on any atom is -0.476 e. The van der Waals surface area contributed by atoms with Gasteiger partial charge in [0, 0.05) is 16.9 Å². The first-order valence-corrected chi connectivity index (χ1v) is 21.6. The molecular weight excluding hydrogens is 827 g/mol. The summed E-state index contributed by atoms with van der Waals surface area (Å²) in [6.45, 7) is 12.8. The lowest BCUT2D eigenvalue weighted by Gasteiger charge is -2.32. The van der Waals surface area contributed by atoms with E-state index in [0.717, 1.165) is 45.9 Å². The summed E-state index contributed by atoms with van der Waals surface area (Å²) in [7, 11) is -0.382. The number of nitrogens with two attached hydrogens (primary N) is 2. The Kier molecular flexibility index (Phi) is 12.7. The molecule has 314 valence electrons. The highest BCUT2D eigenvalue weighted by molar-refractivity contribution is 7.23. The Labute approximate surface area is 360 Å². The Morgan fingerprint density at radius 2 is 1.22 bits per heavy atom. The molecule has 9 rings (SSSR count).